The number of rotatable bonds is 2. The largest absolute Gasteiger partial charge is 0.478 e. The average Bonchev–Trinajstić information content (AvgIpc) is 2.49. The summed E-state index contributed by atoms with van der Waals surface area (Å²) in [5.74, 6) is -2.17. The lowest BCUT2D eigenvalue weighted by Gasteiger charge is -2.45. The number of carbonyl (C=O) groups is 1. The van der Waals surface area contributed by atoms with Crippen molar-refractivity contribution in [1.29, 1.82) is 0 Å². The Morgan fingerprint density at radius 3 is 2.58 bits per heavy atom. The first-order valence-electron chi connectivity index (χ1n) is 7.56. The van der Waals surface area contributed by atoms with Crippen LogP contribution in [0.2, 0.25) is 5.02 Å². The van der Waals surface area contributed by atoms with E-state index in [4.69, 9.17) is 23.1 Å². The zero-order chi connectivity index (χ0) is 17.5. The molecule has 1 aromatic carbocycles. The van der Waals surface area contributed by atoms with Crippen molar-refractivity contribution in [2.45, 2.75) is 37.8 Å². The Balaban J connectivity index is 2.17. The van der Waals surface area contributed by atoms with Gasteiger partial charge in [-0.15, -0.1) is 0 Å². The third-order valence-electron chi connectivity index (χ3n) is 4.36. The fourth-order valence-corrected chi connectivity index (χ4v) is 3.58. The van der Waals surface area contributed by atoms with E-state index in [0.717, 1.165) is 31.4 Å². The molecule has 3 rings (SSSR count). The van der Waals surface area contributed by atoms with Gasteiger partial charge in [0.2, 0.25) is 11.9 Å². The first-order valence-corrected chi connectivity index (χ1v) is 7.94. The van der Waals surface area contributed by atoms with Crippen LogP contribution in [0.4, 0.5) is 10.1 Å². The highest BCUT2D eigenvalue weighted by Gasteiger charge is 2.43. The average molecular weight is 354 g/mol. The van der Waals surface area contributed by atoms with Crippen LogP contribution in [-0.4, -0.2) is 28.7 Å². The van der Waals surface area contributed by atoms with Gasteiger partial charge in [-0.05, 0) is 37.8 Å². The van der Waals surface area contributed by atoms with Gasteiger partial charge in [-0.1, -0.05) is 18.0 Å². The van der Waals surface area contributed by atoms with Crippen molar-refractivity contribution >= 4 is 35.2 Å². The SMILES string of the molecule is NC1=NC2(CCCCC2)N(c2cc(C(=O)O)c(F)cc2Cl)C(N)=N1. The Hall–Kier alpha value is -2.35. The van der Waals surface area contributed by atoms with Gasteiger partial charge in [0.1, 0.15) is 11.5 Å². The molecule has 5 N–H and O–H groups in total. The summed E-state index contributed by atoms with van der Waals surface area (Å²) in [6.07, 6.45) is 4.20. The van der Waals surface area contributed by atoms with Gasteiger partial charge >= 0.3 is 5.97 Å². The second-order valence-corrected chi connectivity index (χ2v) is 6.31. The number of nitrogens with zero attached hydrogens (tertiary/aromatic N) is 3. The number of nitrogens with two attached hydrogens (primary N) is 2. The summed E-state index contributed by atoms with van der Waals surface area (Å²) in [7, 11) is 0. The van der Waals surface area contributed by atoms with Gasteiger partial charge in [-0.3, -0.25) is 4.90 Å². The molecule has 24 heavy (non-hydrogen) atoms. The summed E-state index contributed by atoms with van der Waals surface area (Å²) in [6.45, 7) is 0. The maximum absolute atomic E-state index is 13.8. The summed E-state index contributed by atoms with van der Waals surface area (Å²) >= 11 is 6.18. The molecule has 0 aromatic heterocycles. The third kappa shape index (κ3) is 2.66. The van der Waals surface area contributed by atoms with Gasteiger partial charge in [0.25, 0.3) is 0 Å². The fourth-order valence-electron chi connectivity index (χ4n) is 3.34. The molecule has 128 valence electrons. The molecule has 0 atom stereocenters. The molecule has 1 heterocycles. The smallest absolute Gasteiger partial charge is 0.338 e. The minimum absolute atomic E-state index is 0.0382. The molecule has 1 fully saturated rings. The summed E-state index contributed by atoms with van der Waals surface area (Å²) in [6, 6.07) is 2.13. The van der Waals surface area contributed by atoms with Gasteiger partial charge in [0.15, 0.2) is 0 Å². The normalized spacial score (nSPS) is 19.8. The van der Waals surface area contributed by atoms with Crippen LogP contribution in [0, 0.1) is 5.82 Å². The summed E-state index contributed by atoms with van der Waals surface area (Å²) in [5.41, 5.74) is 10.8. The quantitative estimate of drug-likeness (QED) is 0.754. The minimum Gasteiger partial charge on any atom is -0.478 e. The van der Waals surface area contributed by atoms with Crippen molar-refractivity contribution in [3.8, 4) is 0 Å². The third-order valence-corrected chi connectivity index (χ3v) is 4.66. The van der Waals surface area contributed by atoms with Crippen LogP contribution in [0.25, 0.3) is 0 Å². The molecule has 2 aliphatic rings. The molecule has 0 bridgehead atoms. The highest BCUT2D eigenvalue weighted by atomic mass is 35.5. The van der Waals surface area contributed by atoms with Crippen LogP contribution in [0.15, 0.2) is 22.1 Å². The molecular weight excluding hydrogens is 337 g/mol. The highest BCUT2D eigenvalue weighted by Crippen LogP contribution is 2.42. The lowest BCUT2D eigenvalue weighted by molar-refractivity contribution is 0.0692. The second-order valence-electron chi connectivity index (χ2n) is 5.91. The Morgan fingerprint density at radius 1 is 1.29 bits per heavy atom. The molecule has 1 saturated carbocycles. The molecule has 0 saturated heterocycles. The zero-order valence-corrected chi connectivity index (χ0v) is 13.6. The first kappa shape index (κ1) is 16.5. The molecule has 0 unspecified atom stereocenters. The Morgan fingerprint density at radius 2 is 1.96 bits per heavy atom. The van der Waals surface area contributed by atoms with Crippen LogP contribution in [0.1, 0.15) is 42.5 Å². The van der Waals surface area contributed by atoms with E-state index >= 15 is 0 Å². The fraction of sp³-hybridized carbons (Fsp3) is 0.400. The predicted octanol–water partition coefficient (Wildman–Crippen LogP) is 2.29. The number of anilines is 1. The Labute approximate surface area is 142 Å². The molecule has 1 spiro atoms. The van der Waals surface area contributed by atoms with Crippen molar-refractivity contribution < 1.29 is 14.3 Å². The van der Waals surface area contributed by atoms with Crippen molar-refractivity contribution in [3.63, 3.8) is 0 Å². The number of carboxylic acids is 1. The molecule has 0 radical (unpaired) electrons. The number of hydrogen-bond donors (Lipinski definition) is 3. The van der Waals surface area contributed by atoms with Gasteiger partial charge in [0.05, 0.1) is 16.3 Å². The number of aromatic carboxylic acids is 1. The zero-order valence-electron chi connectivity index (χ0n) is 12.8. The van der Waals surface area contributed by atoms with E-state index in [0.29, 0.717) is 12.8 Å². The molecule has 9 heteroatoms. The lowest BCUT2D eigenvalue weighted by atomic mass is 9.87. The van der Waals surface area contributed by atoms with Crippen molar-refractivity contribution in [2.24, 2.45) is 21.5 Å². The number of aliphatic imine (C=N–C) groups is 2. The summed E-state index contributed by atoms with van der Waals surface area (Å²) in [4.78, 5) is 21.3. The maximum atomic E-state index is 13.8. The van der Waals surface area contributed by atoms with Crippen LogP contribution < -0.4 is 16.4 Å². The first-order chi connectivity index (χ1) is 11.3. The predicted molar refractivity (Wildman–Crippen MR) is 89.9 cm³/mol. The molecule has 1 aliphatic heterocycles. The minimum atomic E-state index is -1.39. The summed E-state index contributed by atoms with van der Waals surface area (Å²) < 4.78 is 13.8. The van der Waals surface area contributed by atoms with Gasteiger partial charge < -0.3 is 16.6 Å². The molecule has 0 amide bonds. The van der Waals surface area contributed by atoms with E-state index < -0.39 is 23.0 Å². The Kier molecular flexibility index (Phi) is 4.08. The van der Waals surface area contributed by atoms with E-state index in [9.17, 15) is 14.3 Å². The van der Waals surface area contributed by atoms with E-state index in [2.05, 4.69) is 9.98 Å². The number of halogens is 2. The van der Waals surface area contributed by atoms with Crippen LogP contribution in [0.5, 0.6) is 0 Å². The highest BCUT2D eigenvalue weighted by molar-refractivity contribution is 6.34. The lowest BCUT2D eigenvalue weighted by Crippen LogP contribution is -2.58. The van der Waals surface area contributed by atoms with E-state index in [1.807, 2.05) is 0 Å². The maximum Gasteiger partial charge on any atom is 0.338 e. The standard InChI is InChI=1S/C15H17ClFN5O2/c16-9-7-10(17)8(12(23)24)6-11(9)22-14(19)20-13(18)21-15(22)4-2-1-3-5-15/h6-7H,1-5H2,(H,23,24)(H4,18,19,20,21). The van der Waals surface area contributed by atoms with E-state index in [-0.39, 0.29) is 22.6 Å². The van der Waals surface area contributed by atoms with Crippen LogP contribution >= 0.6 is 11.6 Å². The Bertz CT molecular complexity index is 758. The number of benzene rings is 1. The summed E-state index contributed by atoms with van der Waals surface area (Å²) in [5, 5.41) is 9.22. The van der Waals surface area contributed by atoms with Gasteiger partial charge in [-0.2, -0.15) is 4.99 Å². The van der Waals surface area contributed by atoms with Crippen LogP contribution in [-0.2, 0) is 0 Å². The van der Waals surface area contributed by atoms with Crippen molar-refractivity contribution in [2.75, 3.05) is 4.90 Å². The molecule has 7 nitrogen and oxygen atoms in total. The monoisotopic (exact) mass is 353 g/mol. The number of guanidine groups is 2. The van der Waals surface area contributed by atoms with Crippen molar-refractivity contribution in [1.82, 2.24) is 0 Å². The second kappa shape index (κ2) is 5.94. The van der Waals surface area contributed by atoms with Gasteiger partial charge in [-0.25, -0.2) is 14.2 Å². The number of carboxylic acid groups (broad SMARTS) is 1. The van der Waals surface area contributed by atoms with E-state index in [1.165, 1.54) is 0 Å². The number of hydrogen-bond acceptors (Lipinski definition) is 6. The van der Waals surface area contributed by atoms with Gasteiger partial charge in [0, 0.05) is 0 Å². The van der Waals surface area contributed by atoms with Crippen LogP contribution in [0.3, 0.4) is 0 Å². The molecular formula is C15H17ClFN5O2. The topological polar surface area (TPSA) is 117 Å². The van der Waals surface area contributed by atoms with Crippen molar-refractivity contribution in [3.05, 3.63) is 28.5 Å². The molecule has 1 aliphatic carbocycles. The molecule has 1 aromatic rings. The van der Waals surface area contributed by atoms with E-state index in [1.54, 1.807) is 4.90 Å².